The van der Waals surface area contributed by atoms with Crippen molar-refractivity contribution in [3.63, 3.8) is 0 Å². The highest BCUT2D eigenvalue weighted by Gasteiger charge is 2.29. The number of benzene rings is 2. The van der Waals surface area contributed by atoms with Crippen molar-refractivity contribution in [1.29, 1.82) is 0 Å². The van der Waals surface area contributed by atoms with Crippen molar-refractivity contribution in [3.8, 4) is 23.7 Å². The molecule has 6 heteroatoms. The maximum Gasteiger partial charge on any atom is 0.416 e. The third-order valence-electron chi connectivity index (χ3n) is 4.79. The van der Waals surface area contributed by atoms with Gasteiger partial charge in [0.25, 0.3) is 0 Å². The van der Waals surface area contributed by atoms with Crippen LogP contribution < -0.4 is 4.90 Å². The second-order valence-electron chi connectivity index (χ2n) is 7.26. The summed E-state index contributed by atoms with van der Waals surface area (Å²) in [6.45, 7) is 0. The molecule has 0 atom stereocenters. The van der Waals surface area contributed by atoms with Gasteiger partial charge in [-0.05, 0) is 72.5 Å². The third-order valence-corrected chi connectivity index (χ3v) is 4.79. The van der Waals surface area contributed by atoms with Gasteiger partial charge < -0.3 is 4.90 Å². The van der Waals surface area contributed by atoms with Crippen LogP contribution in [0.5, 0.6) is 0 Å². The van der Waals surface area contributed by atoms with Gasteiger partial charge in [-0.1, -0.05) is 17.9 Å². The molecule has 4 rings (SSSR count). The lowest BCUT2D eigenvalue weighted by molar-refractivity contribution is -0.137. The van der Waals surface area contributed by atoms with Gasteiger partial charge in [-0.15, -0.1) is 0 Å². The van der Waals surface area contributed by atoms with Crippen LogP contribution in [-0.4, -0.2) is 23.5 Å². The van der Waals surface area contributed by atoms with Crippen LogP contribution in [-0.2, 0) is 6.18 Å². The quantitative estimate of drug-likeness (QED) is 0.387. The highest BCUT2D eigenvalue weighted by Crippen LogP contribution is 2.29. The standard InChI is InChI=1S/C26H18F3N3/c1-31(2)22-14-8-20(9-15-22)10-16-23-24-5-3-4-18-32(24)25(30-23)17-11-19-6-12-21(13-7-19)26(27,28)29/h3-9,12-15,18H,1-2H3. The number of halogens is 3. The van der Waals surface area contributed by atoms with Crippen LogP contribution >= 0.6 is 0 Å². The molecule has 0 spiro atoms. The van der Waals surface area contributed by atoms with E-state index in [0.29, 0.717) is 17.1 Å². The third kappa shape index (κ3) is 4.61. The summed E-state index contributed by atoms with van der Waals surface area (Å²) < 4.78 is 40.0. The summed E-state index contributed by atoms with van der Waals surface area (Å²) in [7, 11) is 3.95. The van der Waals surface area contributed by atoms with Crippen LogP contribution in [0.3, 0.4) is 0 Å². The van der Waals surface area contributed by atoms with E-state index in [4.69, 9.17) is 0 Å². The Morgan fingerprint density at radius 3 is 2.03 bits per heavy atom. The number of imidazole rings is 1. The minimum absolute atomic E-state index is 0.466. The SMILES string of the molecule is CN(C)c1ccc(C#Cc2nc(C#Cc3ccc(C(F)(F)F)cc3)n3ccccc23)cc1. The van der Waals surface area contributed by atoms with Crippen LogP contribution in [0.25, 0.3) is 5.52 Å². The molecule has 32 heavy (non-hydrogen) atoms. The smallest absolute Gasteiger partial charge is 0.378 e. The van der Waals surface area contributed by atoms with E-state index >= 15 is 0 Å². The van der Waals surface area contributed by atoms with Gasteiger partial charge in [0.15, 0.2) is 5.82 Å². The van der Waals surface area contributed by atoms with Crippen molar-refractivity contribution >= 4 is 11.2 Å². The molecule has 0 radical (unpaired) electrons. The topological polar surface area (TPSA) is 20.5 Å². The number of nitrogens with zero attached hydrogens (tertiary/aromatic N) is 3. The molecular formula is C26H18F3N3. The van der Waals surface area contributed by atoms with Crippen LogP contribution in [0.4, 0.5) is 18.9 Å². The molecule has 158 valence electrons. The van der Waals surface area contributed by atoms with E-state index in [1.807, 2.05) is 72.1 Å². The first-order valence-corrected chi connectivity index (χ1v) is 9.77. The van der Waals surface area contributed by atoms with Gasteiger partial charge in [0.05, 0.1) is 11.1 Å². The molecule has 0 amide bonds. The van der Waals surface area contributed by atoms with E-state index in [0.717, 1.165) is 28.9 Å². The first-order valence-electron chi connectivity index (χ1n) is 9.77. The summed E-state index contributed by atoms with van der Waals surface area (Å²) >= 11 is 0. The molecule has 2 aromatic heterocycles. The largest absolute Gasteiger partial charge is 0.416 e. The van der Waals surface area contributed by atoms with Crippen LogP contribution in [0.2, 0.25) is 0 Å². The van der Waals surface area contributed by atoms with Gasteiger partial charge in [0.2, 0.25) is 0 Å². The zero-order valence-electron chi connectivity index (χ0n) is 17.4. The number of hydrogen-bond donors (Lipinski definition) is 0. The maximum absolute atomic E-state index is 12.7. The Kier molecular flexibility index (Phi) is 5.62. The summed E-state index contributed by atoms with van der Waals surface area (Å²) in [6.07, 6.45) is -2.54. The fourth-order valence-electron chi connectivity index (χ4n) is 3.06. The molecule has 0 N–H and O–H groups in total. The average Bonchev–Trinajstić information content (AvgIpc) is 3.14. The molecule has 0 aliphatic carbocycles. The van der Waals surface area contributed by atoms with E-state index in [1.165, 1.54) is 12.1 Å². The molecule has 3 nitrogen and oxygen atoms in total. The van der Waals surface area contributed by atoms with E-state index < -0.39 is 11.7 Å². The van der Waals surface area contributed by atoms with E-state index in [1.54, 1.807) is 0 Å². The zero-order valence-corrected chi connectivity index (χ0v) is 17.4. The van der Waals surface area contributed by atoms with Crippen molar-refractivity contribution in [3.05, 3.63) is 101 Å². The number of fused-ring (bicyclic) bond motifs is 1. The minimum atomic E-state index is -4.37. The van der Waals surface area contributed by atoms with Gasteiger partial charge in [-0.2, -0.15) is 13.2 Å². The Bertz CT molecular complexity index is 1370. The monoisotopic (exact) mass is 429 g/mol. The molecule has 0 aliphatic heterocycles. The molecule has 0 aliphatic rings. The van der Waals surface area contributed by atoms with Crippen molar-refractivity contribution in [2.45, 2.75) is 6.18 Å². The van der Waals surface area contributed by atoms with E-state index in [-0.39, 0.29) is 0 Å². The van der Waals surface area contributed by atoms with Gasteiger partial charge in [-0.3, -0.25) is 4.40 Å². The summed E-state index contributed by atoms with van der Waals surface area (Å²) in [4.78, 5) is 6.57. The minimum Gasteiger partial charge on any atom is -0.378 e. The lowest BCUT2D eigenvalue weighted by Crippen LogP contribution is -2.07. The van der Waals surface area contributed by atoms with Gasteiger partial charge in [0, 0.05) is 37.1 Å². The number of pyridine rings is 1. The molecule has 0 saturated heterocycles. The molecule has 2 heterocycles. The van der Waals surface area contributed by atoms with Crippen molar-refractivity contribution < 1.29 is 13.2 Å². The average molecular weight is 429 g/mol. The number of aromatic nitrogens is 2. The van der Waals surface area contributed by atoms with E-state index in [9.17, 15) is 13.2 Å². The van der Waals surface area contributed by atoms with Crippen LogP contribution in [0, 0.1) is 23.7 Å². The van der Waals surface area contributed by atoms with Gasteiger partial charge in [-0.25, -0.2) is 4.98 Å². The first kappa shape index (κ1) is 21.1. The normalized spacial score (nSPS) is 10.8. The van der Waals surface area contributed by atoms with Crippen molar-refractivity contribution in [2.75, 3.05) is 19.0 Å². The number of rotatable bonds is 1. The predicted octanol–water partition coefficient (Wildman–Crippen LogP) is 5.22. The fourth-order valence-corrected chi connectivity index (χ4v) is 3.06. The predicted molar refractivity (Wildman–Crippen MR) is 119 cm³/mol. The Labute approximate surface area is 184 Å². The zero-order chi connectivity index (χ0) is 22.7. The second-order valence-corrected chi connectivity index (χ2v) is 7.26. The summed E-state index contributed by atoms with van der Waals surface area (Å²) in [5.74, 6) is 12.5. The van der Waals surface area contributed by atoms with Crippen molar-refractivity contribution in [1.82, 2.24) is 9.38 Å². The Balaban J connectivity index is 1.65. The lowest BCUT2D eigenvalue weighted by atomic mass is 10.1. The molecule has 4 aromatic rings. The van der Waals surface area contributed by atoms with E-state index in [2.05, 4.69) is 28.7 Å². The van der Waals surface area contributed by atoms with Gasteiger partial charge >= 0.3 is 6.18 Å². The van der Waals surface area contributed by atoms with Gasteiger partial charge in [0.1, 0.15) is 5.69 Å². The summed E-state index contributed by atoms with van der Waals surface area (Å²) in [6, 6.07) is 18.3. The summed E-state index contributed by atoms with van der Waals surface area (Å²) in [5, 5.41) is 0. The molecule has 0 unspecified atom stereocenters. The first-order chi connectivity index (χ1) is 15.3. The molecule has 0 bridgehead atoms. The number of anilines is 1. The maximum atomic E-state index is 12.7. The molecule has 0 fully saturated rings. The highest BCUT2D eigenvalue weighted by molar-refractivity contribution is 5.63. The number of hydrogen-bond acceptors (Lipinski definition) is 2. The highest BCUT2D eigenvalue weighted by atomic mass is 19.4. The lowest BCUT2D eigenvalue weighted by Gasteiger charge is -2.11. The van der Waals surface area contributed by atoms with Crippen LogP contribution in [0.15, 0.2) is 72.9 Å². The fraction of sp³-hybridized carbons (Fsp3) is 0.115. The number of alkyl halides is 3. The molecular weight excluding hydrogens is 411 g/mol. The van der Waals surface area contributed by atoms with Crippen LogP contribution in [0.1, 0.15) is 28.2 Å². The molecule has 2 aromatic carbocycles. The Morgan fingerprint density at radius 1 is 0.781 bits per heavy atom. The molecule has 0 saturated carbocycles. The second kappa shape index (κ2) is 8.53. The van der Waals surface area contributed by atoms with Crippen molar-refractivity contribution in [2.24, 2.45) is 0 Å². The Morgan fingerprint density at radius 2 is 1.41 bits per heavy atom. The summed E-state index contributed by atoms with van der Waals surface area (Å²) in [5.41, 5.74) is 3.11. The Hall–Kier alpha value is -4.16.